The van der Waals surface area contributed by atoms with Gasteiger partial charge in [-0.25, -0.2) is 0 Å². The van der Waals surface area contributed by atoms with Gasteiger partial charge in [0.25, 0.3) is 0 Å². The standard InChI is InChI=1S/C48H28O4/c1-3-7-41-33(5-1)35-21-27(9-15-43(35)49-41)29-11-17-45-37(23-29)39-25-31(13-19-47(39)51-45)32-14-20-48-40(26-32)38-24-30(12-18-46(38)52-48)28-10-16-44-36(22-28)34-6-2-4-8-42(34)50-44/h1-11,13-26,30H,12H2. The topological polar surface area (TPSA) is 52.6 Å². The van der Waals surface area contributed by atoms with Gasteiger partial charge in [0.15, 0.2) is 0 Å². The first-order chi connectivity index (χ1) is 25.7. The van der Waals surface area contributed by atoms with E-state index in [-0.39, 0.29) is 5.92 Å². The summed E-state index contributed by atoms with van der Waals surface area (Å²) in [5.74, 6) is 0.241. The van der Waals surface area contributed by atoms with Crippen LogP contribution in [0.4, 0.5) is 0 Å². The minimum atomic E-state index is 0.241. The van der Waals surface area contributed by atoms with Crippen LogP contribution >= 0.6 is 0 Å². The lowest BCUT2D eigenvalue weighted by molar-refractivity contribution is 0.570. The zero-order chi connectivity index (χ0) is 33.9. The van der Waals surface area contributed by atoms with E-state index in [4.69, 9.17) is 17.7 Å². The molecule has 12 rings (SSSR count). The second kappa shape index (κ2) is 10.4. The monoisotopic (exact) mass is 668 g/mol. The summed E-state index contributed by atoms with van der Waals surface area (Å²) in [7, 11) is 0. The minimum Gasteiger partial charge on any atom is -0.456 e. The van der Waals surface area contributed by atoms with Crippen molar-refractivity contribution in [3.63, 3.8) is 0 Å². The third-order valence-corrected chi connectivity index (χ3v) is 11.0. The van der Waals surface area contributed by atoms with Gasteiger partial charge in [0.2, 0.25) is 0 Å². The molecular weight excluding hydrogens is 641 g/mol. The molecule has 4 aromatic heterocycles. The Morgan fingerprint density at radius 3 is 1.35 bits per heavy atom. The highest BCUT2D eigenvalue weighted by molar-refractivity contribution is 6.10. The van der Waals surface area contributed by atoms with Gasteiger partial charge in [-0.15, -0.1) is 0 Å². The second-order valence-electron chi connectivity index (χ2n) is 14.0. The van der Waals surface area contributed by atoms with E-state index in [2.05, 4.69) is 127 Å². The molecule has 0 saturated heterocycles. The van der Waals surface area contributed by atoms with E-state index >= 15 is 0 Å². The Morgan fingerprint density at radius 2 is 0.788 bits per heavy atom. The summed E-state index contributed by atoms with van der Waals surface area (Å²) >= 11 is 0. The fourth-order valence-corrected chi connectivity index (χ4v) is 8.39. The smallest absolute Gasteiger partial charge is 0.135 e. The maximum absolute atomic E-state index is 6.37. The van der Waals surface area contributed by atoms with Crippen molar-refractivity contribution in [2.45, 2.75) is 12.3 Å². The van der Waals surface area contributed by atoms with E-state index in [9.17, 15) is 0 Å². The molecule has 4 nitrogen and oxygen atoms in total. The number of hydrogen-bond donors (Lipinski definition) is 0. The van der Waals surface area contributed by atoms with Gasteiger partial charge >= 0.3 is 0 Å². The van der Waals surface area contributed by atoms with Gasteiger partial charge in [0.05, 0.1) is 0 Å². The molecule has 7 aromatic carbocycles. The van der Waals surface area contributed by atoms with Gasteiger partial charge in [0.1, 0.15) is 44.5 Å². The van der Waals surface area contributed by atoms with Gasteiger partial charge in [-0.2, -0.15) is 0 Å². The van der Waals surface area contributed by atoms with Gasteiger partial charge in [-0.3, -0.25) is 0 Å². The van der Waals surface area contributed by atoms with Crippen molar-refractivity contribution in [3.8, 4) is 22.3 Å². The lowest BCUT2D eigenvalue weighted by atomic mass is 9.90. The molecule has 0 fully saturated rings. The second-order valence-corrected chi connectivity index (χ2v) is 14.0. The molecule has 0 bridgehead atoms. The number of furan rings is 4. The van der Waals surface area contributed by atoms with Crippen molar-refractivity contribution < 1.29 is 17.7 Å². The van der Waals surface area contributed by atoms with E-state index in [1.807, 2.05) is 24.3 Å². The summed E-state index contributed by atoms with van der Waals surface area (Å²) < 4.78 is 24.9. The zero-order valence-electron chi connectivity index (χ0n) is 27.9. The maximum atomic E-state index is 6.37. The first kappa shape index (κ1) is 28.0. The molecule has 0 aliphatic heterocycles. The largest absolute Gasteiger partial charge is 0.456 e. The summed E-state index contributed by atoms with van der Waals surface area (Å²) in [6, 6.07) is 49.0. The Morgan fingerprint density at radius 1 is 0.365 bits per heavy atom. The average Bonchev–Trinajstić information content (AvgIpc) is 3.96. The quantitative estimate of drug-likeness (QED) is 0.188. The van der Waals surface area contributed by atoms with Gasteiger partial charge < -0.3 is 17.7 Å². The summed E-state index contributed by atoms with van der Waals surface area (Å²) in [6.07, 6.45) is 5.51. The Hall–Kier alpha value is -6.78. The number of fused-ring (bicyclic) bond motifs is 12. The van der Waals surface area contributed by atoms with E-state index in [1.54, 1.807) is 0 Å². The number of para-hydroxylation sites is 2. The molecule has 4 heterocycles. The molecule has 1 unspecified atom stereocenters. The zero-order valence-corrected chi connectivity index (χ0v) is 27.9. The summed E-state index contributed by atoms with van der Waals surface area (Å²) in [6.45, 7) is 0. The fraction of sp³-hybridized carbons (Fsp3) is 0.0417. The molecule has 4 heteroatoms. The Labute approximate surface area is 296 Å². The van der Waals surface area contributed by atoms with Crippen LogP contribution in [-0.2, 0) is 0 Å². The predicted molar refractivity (Wildman–Crippen MR) is 211 cm³/mol. The molecule has 1 atom stereocenters. The molecule has 0 saturated carbocycles. The van der Waals surface area contributed by atoms with E-state index in [0.29, 0.717) is 0 Å². The third-order valence-electron chi connectivity index (χ3n) is 11.0. The molecule has 0 N–H and O–H groups in total. The first-order valence-electron chi connectivity index (χ1n) is 17.7. The normalized spacial score (nSPS) is 14.6. The SMILES string of the molecule is C1=c2oc3ccc(-c4ccc5oc6ccc(-c7ccc8oc9ccccc9c8c7)cc6c5c4)cc3c2=CC(c2ccc3oc4ccccc4c3c2)C1. The lowest BCUT2D eigenvalue weighted by Crippen LogP contribution is -2.24. The van der Waals surface area contributed by atoms with Crippen molar-refractivity contribution in [2.75, 3.05) is 0 Å². The molecule has 11 aromatic rings. The predicted octanol–water partition coefficient (Wildman–Crippen LogP) is 12.2. The van der Waals surface area contributed by atoms with Crippen LogP contribution in [0.2, 0.25) is 0 Å². The first-order valence-corrected chi connectivity index (χ1v) is 17.7. The number of benzene rings is 7. The lowest BCUT2D eigenvalue weighted by Gasteiger charge is -2.13. The number of rotatable bonds is 3. The molecular formula is C48H28O4. The van der Waals surface area contributed by atoms with E-state index < -0.39 is 0 Å². The fourth-order valence-electron chi connectivity index (χ4n) is 8.39. The summed E-state index contributed by atoms with van der Waals surface area (Å²) in [5.41, 5.74) is 13.1. The van der Waals surface area contributed by atoms with Crippen molar-refractivity contribution in [1.82, 2.24) is 0 Å². The molecule has 1 aliphatic rings. The Bertz CT molecular complexity index is 3400. The number of hydrogen-bond acceptors (Lipinski definition) is 4. The van der Waals surface area contributed by atoms with Crippen LogP contribution in [0.5, 0.6) is 0 Å². The molecule has 52 heavy (non-hydrogen) atoms. The van der Waals surface area contributed by atoms with Crippen molar-refractivity contribution in [1.29, 1.82) is 0 Å². The van der Waals surface area contributed by atoms with Crippen LogP contribution in [0.3, 0.4) is 0 Å². The molecule has 0 spiro atoms. The highest BCUT2D eigenvalue weighted by Crippen LogP contribution is 2.38. The van der Waals surface area contributed by atoms with Crippen LogP contribution in [0.25, 0.3) is 111 Å². The summed E-state index contributed by atoms with van der Waals surface area (Å²) in [5, 5.41) is 9.05. The highest BCUT2D eigenvalue weighted by Gasteiger charge is 2.18. The van der Waals surface area contributed by atoms with Crippen LogP contribution in [0.1, 0.15) is 17.9 Å². The highest BCUT2D eigenvalue weighted by atomic mass is 16.3. The maximum Gasteiger partial charge on any atom is 0.135 e. The third kappa shape index (κ3) is 4.09. The van der Waals surface area contributed by atoms with Crippen LogP contribution < -0.4 is 10.6 Å². The summed E-state index contributed by atoms with van der Waals surface area (Å²) in [4.78, 5) is 0. The molecule has 244 valence electrons. The van der Waals surface area contributed by atoms with Gasteiger partial charge in [-0.05, 0) is 113 Å². The van der Waals surface area contributed by atoms with Crippen molar-refractivity contribution in [3.05, 3.63) is 156 Å². The Kier molecular flexibility index (Phi) is 5.58. The van der Waals surface area contributed by atoms with E-state index in [1.165, 1.54) is 5.56 Å². The van der Waals surface area contributed by atoms with Crippen LogP contribution in [0, 0.1) is 0 Å². The van der Waals surface area contributed by atoms with Crippen molar-refractivity contribution in [2.24, 2.45) is 0 Å². The average molecular weight is 669 g/mol. The minimum absolute atomic E-state index is 0.241. The van der Waals surface area contributed by atoms with Gasteiger partial charge in [-0.1, -0.05) is 72.8 Å². The van der Waals surface area contributed by atoms with Crippen LogP contribution in [0.15, 0.2) is 157 Å². The van der Waals surface area contributed by atoms with Crippen LogP contribution in [-0.4, -0.2) is 0 Å². The van der Waals surface area contributed by atoms with Crippen molar-refractivity contribution >= 4 is 88.9 Å². The molecule has 1 aliphatic carbocycles. The van der Waals surface area contributed by atoms with Gasteiger partial charge in [0, 0.05) is 48.8 Å². The van der Waals surface area contributed by atoms with E-state index in [0.717, 1.165) is 116 Å². The Balaban J connectivity index is 0.947. The molecule has 0 amide bonds. The molecule has 0 radical (unpaired) electrons.